The van der Waals surface area contributed by atoms with Crippen molar-refractivity contribution >= 4 is 33.4 Å². The third kappa shape index (κ3) is 2.68. The van der Waals surface area contributed by atoms with Crippen molar-refractivity contribution in [2.24, 2.45) is 0 Å². The van der Waals surface area contributed by atoms with Crippen molar-refractivity contribution in [1.29, 1.82) is 0 Å². The zero-order chi connectivity index (χ0) is 13.9. The second kappa shape index (κ2) is 5.64. The smallest absolute Gasteiger partial charge is 0.218 e. The number of rotatable bonds is 3. The predicted molar refractivity (Wildman–Crippen MR) is 81.8 cm³/mol. The Labute approximate surface area is 128 Å². The summed E-state index contributed by atoms with van der Waals surface area (Å²) in [6.45, 7) is 0. The minimum atomic E-state index is 0.696. The van der Waals surface area contributed by atoms with Crippen LogP contribution in [0.1, 0.15) is 0 Å². The Morgan fingerprint density at radius 3 is 2.65 bits per heavy atom. The Morgan fingerprint density at radius 2 is 1.90 bits per heavy atom. The summed E-state index contributed by atoms with van der Waals surface area (Å²) in [6.07, 6.45) is 0. The van der Waals surface area contributed by atoms with Gasteiger partial charge in [0.05, 0.1) is 5.69 Å². The third-order valence-electron chi connectivity index (χ3n) is 2.60. The van der Waals surface area contributed by atoms with Gasteiger partial charge in [-0.1, -0.05) is 18.2 Å². The first kappa shape index (κ1) is 13.1. The Kier molecular flexibility index (Phi) is 3.70. The van der Waals surface area contributed by atoms with Gasteiger partial charge in [0.25, 0.3) is 0 Å². The zero-order valence-electron chi connectivity index (χ0n) is 10.3. The Bertz CT molecular complexity index is 729. The van der Waals surface area contributed by atoms with Gasteiger partial charge in [-0.05, 0) is 68.5 Å². The topological polar surface area (TPSA) is 69.6 Å². The van der Waals surface area contributed by atoms with Crippen LogP contribution < -0.4 is 5.73 Å². The number of hydrogen-bond donors (Lipinski definition) is 1. The minimum Gasteiger partial charge on any atom is -0.399 e. The van der Waals surface area contributed by atoms with Gasteiger partial charge < -0.3 is 5.73 Å². The molecule has 0 aliphatic heterocycles. The maximum absolute atomic E-state index is 5.74. The van der Waals surface area contributed by atoms with E-state index in [2.05, 4.69) is 31.5 Å². The third-order valence-corrected chi connectivity index (χ3v) is 4.53. The van der Waals surface area contributed by atoms with Gasteiger partial charge in [0.2, 0.25) is 5.16 Å². The molecule has 0 saturated carbocycles. The van der Waals surface area contributed by atoms with Gasteiger partial charge in [-0.2, -0.15) is 4.68 Å². The predicted octanol–water partition coefficient (Wildman–Crippen LogP) is 3.16. The van der Waals surface area contributed by atoms with E-state index in [-0.39, 0.29) is 0 Å². The van der Waals surface area contributed by atoms with Crippen molar-refractivity contribution in [3.63, 3.8) is 0 Å². The first-order chi connectivity index (χ1) is 9.74. The fourth-order valence-electron chi connectivity index (χ4n) is 1.67. The van der Waals surface area contributed by atoms with Crippen LogP contribution in [0.25, 0.3) is 5.69 Å². The highest BCUT2D eigenvalue weighted by Gasteiger charge is 2.11. The lowest BCUT2D eigenvalue weighted by Gasteiger charge is -2.06. The molecule has 0 unspecified atom stereocenters. The highest BCUT2D eigenvalue weighted by atomic mass is 79.9. The molecule has 0 radical (unpaired) electrons. The second-order valence-electron chi connectivity index (χ2n) is 4.00. The zero-order valence-corrected chi connectivity index (χ0v) is 12.7. The molecule has 0 atom stereocenters. The molecule has 7 heteroatoms. The summed E-state index contributed by atoms with van der Waals surface area (Å²) >= 11 is 4.97. The average Bonchev–Trinajstić information content (AvgIpc) is 2.91. The molecule has 3 aromatic rings. The van der Waals surface area contributed by atoms with Gasteiger partial charge in [-0.3, -0.25) is 0 Å². The largest absolute Gasteiger partial charge is 0.399 e. The summed E-state index contributed by atoms with van der Waals surface area (Å²) in [7, 11) is 0. The molecule has 20 heavy (non-hydrogen) atoms. The van der Waals surface area contributed by atoms with Gasteiger partial charge in [-0.15, -0.1) is 5.10 Å². The number of tetrazole rings is 1. The molecule has 100 valence electrons. The molecule has 3 rings (SSSR count). The van der Waals surface area contributed by atoms with Crippen molar-refractivity contribution in [3.8, 4) is 5.69 Å². The molecule has 0 bridgehead atoms. The number of para-hydroxylation sites is 1. The first-order valence-corrected chi connectivity index (χ1v) is 7.41. The molecule has 0 aliphatic carbocycles. The molecule has 0 saturated heterocycles. The van der Waals surface area contributed by atoms with Gasteiger partial charge in [-0.25, -0.2) is 0 Å². The number of nitrogens with zero attached hydrogens (tertiary/aromatic N) is 4. The van der Waals surface area contributed by atoms with Gasteiger partial charge in [0.15, 0.2) is 0 Å². The Balaban J connectivity index is 1.95. The van der Waals surface area contributed by atoms with Crippen LogP contribution in [0.3, 0.4) is 0 Å². The van der Waals surface area contributed by atoms with E-state index in [1.807, 2.05) is 48.5 Å². The van der Waals surface area contributed by atoms with E-state index >= 15 is 0 Å². The molecule has 0 amide bonds. The fourth-order valence-corrected chi connectivity index (χ4v) is 3.11. The van der Waals surface area contributed by atoms with Crippen LogP contribution in [-0.4, -0.2) is 20.2 Å². The normalized spacial score (nSPS) is 10.7. The van der Waals surface area contributed by atoms with Gasteiger partial charge in [0, 0.05) is 15.1 Å². The summed E-state index contributed by atoms with van der Waals surface area (Å²) in [4.78, 5) is 1.01. The van der Waals surface area contributed by atoms with Crippen LogP contribution in [0.2, 0.25) is 0 Å². The van der Waals surface area contributed by atoms with Gasteiger partial charge in [0.1, 0.15) is 0 Å². The monoisotopic (exact) mass is 347 g/mol. The number of aromatic nitrogens is 4. The number of halogens is 1. The fraction of sp³-hybridized carbons (Fsp3) is 0. The molecule has 0 spiro atoms. The van der Waals surface area contributed by atoms with E-state index in [0.717, 1.165) is 15.1 Å². The minimum absolute atomic E-state index is 0.696. The molecular weight excluding hydrogens is 338 g/mol. The van der Waals surface area contributed by atoms with E-state index in [1.54, 1.807) is 4.68 Å². The standard InChI is InChI=1S/C13H10BrN5S/c14-11-8-9(15)6-7-12(11)20-13-16-17-18-19(13)10-4-2-1-3-5-10/h1-8H,15H2. The van der Waals surface area contributed by atoms with E-state index in [0.29, 0.717) is 10.8 Å². The first-order valence-electron chi connectivity index (χ1n) is 5.81. The summed E-state index contributed by atoms with van der Waals surface area (Å²) in [6, 6.07) is 15.4. The molecule has 2 N–H and O–H groups in total. The van der Waals surface area contributed by atoms with Crippen molar-refractivity contribution in [2.45, 2.75) is 10.1 Å². The SMILES string of the molecule is Nc1ccc(Sc2nnnn2-c2ccccc2)c(Br)c1. The molecule has 1 heterocycles. The average molecular weight is 348 g/mol. The lowest BCUT2D eigenvalue weighted by atomic mass is 10.3. The van der Waals surface area contributed by atoms with Gasteiger partial charge >= 0.3 is 0 Å². The molecule has 2 aromatic carbocycles. The quantitative estimate of drug-likeness (QED) is 0.737. The maximum Gasteiger partial charge on any atom is 0.218 e. The van der Waals surface area contributed by atoms with E-state index in [4.69, 9.17) is 5.73 Å². The lowest BCUT2D eigenvalue weighted by Crippen LogP contribution is -1.98. The number of hydrogen-bond acceptors (Lipinski definition) is 5. The lowest BCUT2D eigenvalue weighted by molar-refractivity contribution is 0.756. The van der Waals surface area contributed by atoms with Crippen molar-refractivity contribution in [2.75, 3.05) is 5.73 Å². The number of anilines is 1. The Morgan fingerprint density at radius 1 is 1.10 bits per heavy atom. The molecule has 0 fully saturated rings. The van der Waals surface area contributed by atoms with Crippen LogP contribution in [0.5, 0.6) is 0 Å². The summed E-state index contributed by atoms with van der Waals surface area (Å²) in [5.41, 5.74) is 7.37. The van der Waals surface area contributed by atoms with E-state index in [9.17, 15) is 0 Å². The molecule has 1 aromatic heterocycles. The maximum atomic E-state index is 5.74. The number of nitrogens with two attached hydrogens (primary N) is 1. The molecule has 5 nitrogen and oxygen atoms in total. The van der Waals surface area contributed by atoms with Crippen LogP contribution in [0.4, 0.5) is 5.69 Å². The second-order valence-corrected chi connectivity index (χ2v) is 5.86. The molecule has 0 aliphatic rings. The Hall–Kier alpha value is -1.86. The van der Waals surface area contributed by atoms with Crippen LogP contribution in [0.15, 0.2) is 63.1 Å². The van der Waals surface area contributed by atoms with Crippen molar-refractivity contribution < 1.29 is 0 Å². The summed E-state index contributed by atoms with van der Waals surface area (Å²) < 4.78 is 2.62. The molecular formula is C13H10BrN5S. The highest BCUT2D eigenvalue weighted by molar-refractivity contribution is 9.10. The van der Waals surface area contributed by atoms with Crippen LogP contribution in [-0.2, 0) is 0 Å². The van der Waals surface area contributed by atoms with E-state index in [1.165, 1.54) is 11.8 Å². The van der Waals surface area contributed by atoms with Crippen molar-refractivity contribution in [1.82, 2.24) is 20.2 Å². The van der Waals surface area contributed by atoms with Crippen LogP contribution >= 0.6 is 27.7 Å². The van der Waals surface area contributed by atoms with Crippen LogP contribution in [0, 0.1) is 0 Å². The van der Waals surface area contributed by atoms with Crippen molar-refractivity contribution in [3.05, 3.63) is 53.0 Å². The summed E-state index contributed by atoms with van der Waals surface area (Å²) in [5, 5.41) is 12.5. The number of benzene rings is 2. The summed E-state index contributed by atoms with van der Waals surface area (Å²) in [5.74, 6) is 0. The van der Waals surface area contributed by atoms with E-state index < -0.39 is 0 Å². The highest BCUT2D eigenvalue weighted by Crippen LogP contribution is 2.33. The number of nitrogen functional groups attached to an aromatic ring is 1.